The first-order chi connectivity index (χ1) is 9.88. The molecule has 0 saturated heterocycles. The first-order valence-electron chi connectivity index (χ1n) is 5.43. The zero-order valence-corrected chi connectivity index (χ0v) is 10.4. The molecule has 110 valence electrons. The summed E-state index contributed by atoms with van der Waals surface area (Å²) in [5, 5.41) is 0. The maximum absolute atomic E-state index is 13.6. The van der Waals surface area contributed by atoms with E-state index in [1.165, 1.54) is 0 Å². The van der Waals surface area contributed by atoms with Crippen molar-refractivity contribution in [3.63, 3.8) is 0 Å². The van der Waals surface area contributed by atoms with Gasteiger partial charge in [-0.25, -0.2) is 26.7 Å². The predicted molar refractivity (Wildman–Crippen MR) is 60.8 cm³/mol. The minimum Gasteiger partial charge on any atom is -0.465 e. The number of carbonyl (C=O) groups is 1. The molecule has 0 aliphatic carbocycles. The summed E-state index contributed by atoms with van der Waals surface area (Å²) >= 11 is 0. The van der Waals surface area contributed by atoms with E-state index in [-0.39, 0.29) is 5.56 Å². The Hall–Kier alpha value is -2.51. The largest absolute Gasteiger partial charge is 0.465 e. The number of nitrogens with zero attached hydrogens (tertiary/aromatic N) is 1. The Labute approximate surface area is 115 Å². The van der Waals surface area contributed by atoms with Crippen molar-refractivity contribution in [1.29, 1.82) is 0 Å². The Morgan fingerprint density at radius 1 is 0.952 bits per heavy atom. The number of carbonyl (C=O) groups excluding carboxylic acids is 1. The number of aromatic nitrogens is 1. The molecule has 0 amide bonds. The van der Waals surface area contributed by atoms with Gasteiger partial charge in [0.05, 0.1) is 18.2 Å². The number of hydrogen-bond donors (Lipinski definition) is 0. The average Bonchev–Trinajstić information content (AvgIpc) is 2.50. The number of methoxy groups -OCH3 is 1. The van der Waals surface area contributed by atoms with Crippen LogP contribution in [0.3, 0.4) is 0 Å². The summed E-state index contributed by atoms with van der Waals surface area (Å²) < 4.78 is 70.9. The van der Waals surface area contributed by atoms with Gasteiger partial charge in [0.1, 0.15) is 0 Å². The van der Waals surface area contributed by atoms with Gasteiger partial charge in [0.2, 0.25) is 5.82 Å². The molecule has 1 aromatic carbocycles. The third kappa shape index (κ3) is 2.44. The van der Waals surface area contributed by atoms with Crippen LogP contribution in [0, 0.1) is 29.1 Å². The van der Waals surface area contributed by atoms with Crippen LogP contribution in [-0.4, -0.2) is 18.1 Å². The molecule has 21 heavy (non-hydrogen) atoms. The molecule has 0 aliphatic rings. The van der Waals surface area contributed by atoms with Crippen molar-refractivity contribution in [3.8, 4) is 11.1 Å². The lowest BCUT2D eigenvalue weighted by atomic mass is 10.0. The van der Waals surface area contributed by atoms with Gasteiger partial charge >= 0.3 is 5.97 Å². The predicted octanol–water partition coefficient (Wildman–Crippen LogP) is 3.23. The fraction of sp³-hybridized carbons (Fsp3) is 0.0769. The average molecular weight is 303 g/mol. The van der Waals surface area contributed by atoms with E-state index in [1.54, 1.807) is 0 Å². The van der Waals surface area contributed by atoms with Gasteiger partial charge in [0, 0.05) is 18.0 Å². The summed E-state index contributed by atoms with van der Waals surface area (Å²) in [6, 6.07) is 0.914. The van der Waals surface area contributed by atoms with Gasteiger partial charge < -0.3 is 4.74 Å². The number of pyridine rings is 1. The summed E-state index contributed by atoms with van der Waals surface area (Å²) in [6.07, 6.45) is 1.89. The Bertz CT molecular complexity index is 704. The first-order valence-corrected chi connectivity index (χ1v) is 5.43. The van der Waals surface area contributed by atoms with E-state index in [1.807, 2.05) is 0 Å². The van der Waals surface area contributed by atoms with E-state index in [9.17, 15) is 26.7 Å². The molecule has 0 atom stereocenters. The van der Waals surface area contributed by atoms with E-state index < -0.39 is 46.2 Å². The topological polar surface area (TPSA) is 39.2 Å². The molecule has 2 aromatic rings. The minimum absolute atomic E-state index is 0.195. The fourth-order valence-electron chi connectivity index (χ4n) is 1.66. The molecule has 0 aliphatic heterocycles. The number of benzene rings is 1. The molecule has 0 bridgehead atoms. The molecule has 1 aromatic heterocycles. The molecule has 0 saturated carbocycles. The monoisotopic (exact) mass is 303 g/mol. The van der Waals surface area contributed by atoms with Gasteiger partial charge in [-0.3, -0.25) is 4.98 Å². The number of ether oxygens (including phenoxy) is 1. The minimum atomic E-state index is -2.26. The van der Waals surface area contributed by atoms with Crippen LogP contribution in [0.5, 0.6) is 0 Å². The van der Waals surface area contributed by atoms with Crippen molar-refractivity contribution < 1.29 is 31.5 Å². The molecule has 2 rings (SSSR count). The number of hydrogen-bond acceptors (Lipinski definition) is 3. The summed E-state index contributed by atoms with van der Waals surface area (Å²) in [4.78, 5) is 14.8. The van der Waals surface area contributed by atoms with Crippen molar-refractivity contribution in [2.75, 3.05) is 7.11 Å². The van der Waals surface area contributed by atoms with E-state index in [0.29, 0.717) is 0 Å². The van der Waals surface area contributed by atoms with Gasteiger partial charge in [0.25, 0.3) is 0 Å². The molecule has 8 heteroatoms. The van der Waals surface area contributed by atoms with Crippen molar-refractivity contribution >= 4 is 5.97 Å². The van der Waals surface area contributed by atoms with Gasteiger partial charge in [-0.1, -0.05) is 0 Å². The van der Waals surface area contributed by atoms with Crippen LogP contribution >= 0.6 is 0 Å². The van der Waals surface area contributed by atoms with Crippen LogP contribution in [0.25, 0.3) is 11.1 Å². The summed E-state index contributed by atoms with van der Waals surface area (Å²) in [5.74, 6) is -11.3. The van der Waals surface area contributed by atoms with E-state index in [0.717, 1.165) is 25.6 Å². The van der Waals surface area contributed by atoms with E-state index in [4.69, 9.17) is 0 Å². The summed E-state index contributed by atoms with van der Waals surface area (Å²) in [5.41, 5.74) is -1.80. The quantitative estimate of drug-likeness (QED) is 0.370. The van der Waals surface area contributed by atoms with Gasteiger partial charge in [-0.2, -0.15) is 0 Å². The molecule has 0 radical (unpaired) electrons. The lowest BCUT2D eigenvalue weighted by molar-refractivity contribution is 0.0600. The lowest BCUT2D eigenvalue weighted by Crippen LogP contribution is -2.06. The van der Waals surface area contributed by atoms with Crippen molar-refractivity contribution in [2.45, 2.75) is 0 Å². The van der Waals surface area contributed by atoms with Crippen molar-refractivity contribution in [1.82, 2.24) is 4.98 Å². The SMILES string of the molecule is COC(=O)c1cncc(-c2c(F)c(F)c(F)c(F)c2F)c1. The molecule has 0 fully saturated rings. The Kier molecular flexibility index (Phi) is 3.88. The van der Waals surface area contributed by atoms with Crippen LogP contribution in [-0.2, 0) is 4.74 Å². The highest BCUT2D eigenvalue weighted by molar-refractivity contribution is 5.90. The normalized spacial score (nSPS) is 10.6. The van der Waals surface area contributed by atoms with Gasteiger partial charge in [-0.05, 0) is 6.07 Å². The highest BCUT2D eigenvalue weighted by Gasteiger charge is 2.27. The molecule has 1 heterocycles. The van der Waals surface area contributed by atoms with E-state index >= 15 is 0 Å². The number of esters is 1. The first kappa shape index (κ1) is 14.9. The van der Waals surface area contributed by atoms with Crippen molar-refractivity contribution in [3.05, 3.63) is 53.1 Å². The Morgan fingerprint density at radius 2 is 1.48 bits per heavy atom. The third-order valence-corrected chi connectivity index (χ3v) is 2.66. The van der Waals surface area contributed by atoms with Crippen LogP contribution in [0.1, 0.15) is 10.4 Å². The maximum Gasteiger partial charge on any atom is 0.339 e. The third-order valence-electron chi connectivity index (χ3n) is 2.66. The Morgan fingerprint density at radius 3 is 2.00 bits per heavy atom. The molecular formula is C13H6F5NO2. The second-order valence-electron chi connectivity index (χ2n) is 3.90. The zero-order valence-electron chi connectivity index (χ0n) is 10.4. The summed E-state index contributed by atoms with van der Waals surface area (Å²) in [6.45, 7) is 0. The van der Waals surface area contributed by atoms with Crippen LogP contribution in [0.4, 0.5) is 22.0 Å². The molecule has 3 nitrogen and oxygen atoms in total. The van der Waals surface area contributed by atoms with E-state index in [2.05, 4.69) is 9.72 Å². The van der Waals surface area contributed by atoms with Gasteiger partial charge in [-0.15, -0.1) is 0 Å². The molecule has 0 spiro atoms. The second-order valence-corrected chi connectivity index (χ2v) is 3.90. The number of halogens is 5. The molecular weight excluding hydrogens is 297 g/mol. The molecule has 0 N–H and O–H groups in total. The second kappa shape index (κ2) is 5.47. The zero-order chi connectivity index (χ0) is 15.7. The highest BCUT2D eigenvalue weighted by atomic mass is 19.2. The standard InChI is InChI=1S/C13H6F5NO2/c1-21-13(20)6-2-5(3-19-4-6)7-8(14)10(16)12(18)11(17)9(7)15/h2-4H,1H3. The number of rotatable bonds is 2. The summed E-state index contributed by atoms with van der Waals surface area (Å²) in [7, 11) is 1.06. The van der Waals surface area contributed by atoms with Crippen LogP contribution < -0.4 is 0 Å². The highest BCUT2D eigenvalue weighted by Crippen LogP contribution is 2.31. The lowest BCUT2D eigenvalue weighted by Gasteiger charge is -2.09. The van der Waals surface area contributed by atoms with Crippen molar-refractivity contribution in [2.24, 2.45) is 0 Å². The molecule has 0 unspecified atom stereocenters. The van der Waals surface area contributed by atoms with Gasteiger partial charge in [0.15, 0.2) is 23.3 Å². The smallest absolute Gasteiger partial charge is 0.339 e. The fourth-order valence-corrected chi connectivity index (χ4v) is 1.66. The van der Waals surface area contributed by atoms with Crippen LogP contribution in [0.2, 0.25) is 0 Å². The van der Waals surface area contributed by atoms with Crippen LogP contribution in [0.15, 0.2) is 18.5 Å². The Balaban J connectivity index is 2.71. The maximum atomic E-state index is 13.6.